The SMILES string of the molecule is O=C(Nc1ccc(N2CCCC2)cc1)c1cnc(NCCc2ccccc2)cn1. The van der Waals surface area contributed by atoms with Crippen LogP contribution in [0.3, 0.4) is 0 Å². The minimum absolute atomic E-state index is 0.262. The number of anilines is 3. The molecule has 1 aliphatic heterocycles. The van der Waals surface area contributed by atoms with Crippen molar-refractivity contribution in [1.29, 1.82) is 0 Å². The van der Waals surface area contributed by atoms with Gasteiger partial charge in [0.2, 0.25) is 0 Å². The zero-order valence-corrected chi connectivity index (χ0v) is 16.3. The quantitative estimate of drug-likeness (QED) is 0.642. The molecule has 0 unspecified atom stereocenters. The summed E-state index contributed by atoms with van der Waals surface area (Å²) in [6.45, 7) is 2.97. The molecule has 1 saturated heterocycles. The number of carbonyl (C=O) groups excluding carboxylic acids is 1. The van der Waals surface area contributed by atoms with Gasteiger partial charge in [-0.05, 0) is 49.1 Å². The molecule has 6 nitrogen and oxygen atoms in total. The van der Waals surface area contributed by atoms with Crippen molar-refractivity contribution >= 4 is 23.1 Å². The first-order valence-electron chi connectivity index (χ1n) is 10.0. The highest BCUT2D eigenvalue weighted by Gasteiger charge is 2.13. The van der Waals surface area contributed by atoms with Crippen molar-refractivity contribution in [1.82, 2.24) is 9.97 Å². The van der Waals surface area contributed by atoms with Crippen LogP contribution >= 0.6 is 0 Å². The van der Waals surface area contributed by atoms with Crippen LogP contribution in [0.2, 0.25) is 0 Å². The molecular weight excluding hydrogens is 362 g/mol. The van der Waals surface area contributed by atoms with E-state index in [1.54, 1.807) is 6.20 Å². The third-order valence-corrected chi connectivity index (χ3v) is 5.04. The summed E-state index contributed by atoms with van der Waals surface area (Å²) in [5, 5.41) is 6.11. The normalized spacial score (nSPS) is 13.3. The van der Waals surface area contributed by atoms with Gasteiger partial charge in [-0.3, -0.25) is 4.79 Å². The predicted octanol–water partition coefficient (Wildman–Crippen LogP) is 3.98. The average Bonchev–Trinajstić information content (AvgIpc) is 3.30. The molecule has 0 radical (unpaired) electrons. The van der Waals surface area contributed by atoms with Crippen molar-refractivity contribution in [2.75, 3.05) is 35.2 Å². The van der Waals surface area contributed by atoms with Gasteiger partial charge in [0.15, 0.2) is 0 Å². The second-order valence-corrected chi connectivity index (χ2v) is 7.14. The number of rotatable bonds is 7. The Labute approximate surface area is 171 Å². The summed E-state index contributed by atoms with van der Waals surface area (Å²) in [4.78, 5) is 23.3. The van der Waals surface area contributed by atoms with Crippen LogP contribution in [0.5, 0.6) is 0 Å². The highest BCUT2D eigenvalue weighted by molar-refractivity contribution is 6.02. The van der Waals surface area contributed by atoms with Crippen LogP contribution in [0.15, 0.2) is 67.0 Å². The lowest BCUT2D eigenvalue weighted by molar-refractivity contribution is 0.102. The largest absolute Gasteiger partial charge is 0.372 e. The standard InChI is InChI=1S/C23H25N5O/c29-23(27-19-8-10-20(11-9-19)28-14-4-5-15-28)21-16-26-22(17-25-21)24-13-12-18-6-2-1-3-7-18/h1-3,6-11,16-17H,4-5,12-15H2,(H,24,26)(H,27,29). The van der Waals surface area contributed by atoms with Gasteiger partial charge in [-0.25, -0.2) is 9.97 Å². The van der Waals surface area contributed by atoms with Gasteiger partial charge in [0.05, 0.1) is 12.4 Å². The molecule has 1 aromatic heterocycles. The van der Waals surface area contributed by atoms with Crippen molar-refractivity contribution in [2.45, 2.75) is 19.3 Å². The Morgan fingerprint density at radius 3 is 2.38 bits per heavy atom. The van der Waals surface area contributed by atoms with E-state index in [2.05, 4.69) is 37.6 Å². The lowest BCUT2D eigenvalue weighted by Gasteiger charge is -2.17. The number of benzene rings is 2. The lowest BCUT2D eigenvalue weighted by Crippen LogP contribution is -2.18. The van der Waals surface area contributed by atoms with Crippen LogP contribution in [0.4, 0.5) is 17.2 Å². The molecule has 0 spiro atoms. The molecule has 6 heteroatoms. The van der Waals surface area contributed by atoms with Crippen LogP contribution in [0.1, 0.15) is 28.9 Å². The fraction of sp³-hybridized carbons (Fsp3) is 0.261. The predicted molar refractivity (Wildman–Crippen MR) is 117 cm³/mol. The van der Waals surface area contributed by atoms with Crippen LogP contribution in [-0.2, 0) is 6.42 Å². The molecule has 0 atom stereocenters. The maximum atomic E-state index is 12.4. The van der Waals surface area contributed by atoms with E-state index in [1.807, 2.05) is 42.5 Å². The molecule has 0 saturated carbocycles. The Hall–Kier alpha value is -3.41. The Balaban J connectivity index is 1.28. The van der Waals surface area contributed by atoms with Crippen molar-refractivity contribution in [2.24, 2.45) is 0 Å². The molecule has 2 aromatic carbocycles. The van der Waals surface area contributed by atoms with Gasteiger partial charge < -0.3 is 15.5 Å². The summed E-state index contributed by atoms with van der Waals surface area (Å²) in [5.74, 6) is 0.398. The van der Waals surface area contributed by atoms with Gasteiger partial charge in [0.1, 0.15) is 11.5 Å². The van der Waals surface area contributed by atoms with Gasteiger partial charge >= 0.3 is 0 Å². The lowest BCUT2D eigenvalue weighted by atomic mass is 10.1. The van der Waals surface area contributed by atoms with Crippen LogP contribution in [0.25, 0.3) is 0 Å². The Morgan fingerprint density at radius 1 is 0.931 bits per heavy atom. The minimum Gasteiger partial charge on any atom is -0.372 e. The van der Waals surface area contributed by atoms with Crippen molar-refractivity contribution in [3.8, 4) is 0 Å². The smallest absolute Gasteiger partial charge is 0.275 e. The summed E-state index contributed by atoms with van der Waals surface area (Å²) < 4.78 is 0. The Morgan fingerprint density at radius 2 is 1.69 bits per heavy atom. The number of amides is 1. The van der Waals surface area contributed by atoms with E-state index in [1.165, 1.54) is 30.3 Å². The first-order chi connectivity index (χ1) is 14.3. The molecule has 0 bridgehead atoms. The topological polar surface area (TPSA) is 70.2 Å². The molecule has 4 rings (SSSR count). The first kappa shape index (κ1) is 18.9. The molecule has 2 N–H and O–H groups in total. The van der Waals surface area contributed by atoms with E-state index < -0.39 is 0 Å². The van der Waals surface area contributed by atoms with E-state index in [0.29, 0.717) is 11.5 Å². The van der Waals surface area contributed by atoms with Crippen LogP contribution in [-0.4, -0.2) is 35.5 Å². The number of carbonyl (C=O) groups is 1. The van der Waals surface area contributed by atoms with Crippen LogP contribution in [0, 0.1) is 0 Å². The second kappa shape index (κ2) is 9.19. The van der Waals surface area contributed by atoms with Crippen molar-refractivity contribution in [3.05, 3.63) is 78.2 Å². The van der Waals surface area contributed by atoms with E-state index in [9.17, 15) is 4.79 Å². The Kier molecular flexibility index (Phi) is 6.00. The molecule has 1 aliphatic rings. The second-order valence-electron chi connectivity index (χ2n) is 7.14. The highest BCUT2D eigenvalue weighted by Crippen LogP contribution is 2.22. The number of hydrogen-bond donors (Lipinski definition) is 2. The van der Waals surface area contributed by atoms with E-state index >= 15 is 0 Å². The van der Waals surface area contributed by atoms with Crippen molar-refractivity contribution < 1.29 is 4.79 Å². The summed E-state index contributed by atoms with van der Waals surface area (Å²) in [6.07, 6.45) is 6.48. The zero-order chi connectivity index (χ0) is 19.9. The fourth-order valence-corrected chi connectivity index (χ4v) is 3.44. The van der Waals surface area contributed by atoms with E-state index in [0.717, 1.165) is 31.7 Å². The summed E-state index contributed by atoms with van der Waals surface area (Å²) >= 11 is 0. The summed E-state index contributed by atoms with van der Waals surface area (Å²) in [7, 11) is 0. The number of nitrogens with zero attached hydrogens (tertiary/aromatic N) is 3. The van der Waals surface area contributed by atoms with Crippen LogP contribution < -0.4 is 15.5 Å². The molecule has 1 amide bonds. The van der Waals surface area contributed by atoms with Crippen molar-refractivity contribution in [3.63, 3.8) is 0 Å². The minimum atomic E-state index is -0.262. The number of aromatic nitrogens is 2. The summed E-state index contributed by atoms with van der Waals surface area (Å²) in [6, 6.07) is 18.2. The third kappa shape index (κ3) is 5.10. The van der Waals surface area contributed by atoms with E-state index in [-0.39, 0.29) is 5.91 Å². The van der Waals surface area contributed by atoms with Gasteiger partial charge in [-0.1, -0.05) is 30.3 Å². The maximum absolute atomic E-state index is 12.4. The molecule has 1 fully saturated rings. The number of nitrogens with one attached hydrogen (secondary N) is 2. The van der Waals surface area contributed by atoms with Gasteiger partial charge in [0.25, 0.3) is 5.91 Å². The highest BCUT2D eigenvalue weighted by atomic mass is 16.1. The number of hydrogen-bond acceptors (Lipinski definition) is 5. The Bertz CT molecular complexity index is 920. The monoisotopic (exact) mass is 387 g/mol. The van der Waals surface area contributed by atoms with E-state index in [4.69, 9.17) is 0 Å². The maximum Gasteiger partial charge on any atom is 0.275 e. The molecule has 0 aliphatic carbocycles. The molecular formula is C23H25N5O. The van der Waals surface area contributed by atoms with Gasteiger partial charge in [0, 0.05) is 31.0 Å². The fourth-order valence-electron chi connectivity index (χ4n) is 3.44. The van der Waals surface area contributed by atoms with Gasteiger partial charge in [-0.15, -0.1) is 0 Å². The molecule has 29 heavy (non-hydrogen) atoms. The van der Waals surface area contributed by atoms with Gasteiger partial charge in [-0.2, -0.15) is 0 Å². The third-order valence-electron chi connectivity index (χ3n) is 5.04. The summed E-state index contributed by atoms with van der Waals surface area (Å²) in [5.41, 5.74) is 3.51. The molecule has 2 heterocycles. The molecule has 148 valence electrons. The first-order valence-corrected chi connectivity index (χ1v) is 10.0. The zero-order valence-electron chi connectivity index (χ0n) is 16.3. The molecule has 3 aromatic rings. The average molecular weight is 387 g/mol.